The highest BCUT2D eigenvalue weighted by molar-refractivity contribution is 6.58. The number of nitrogens with one attached hydrogen (secondary N) is 1. The Morgan fingerprint density at radius 2 is 2.14 bits per heavy atom. The first-order valence-electron chi connectivity index (χ1n) is 3.94. The first kappa shape index (κ1) is 10.7. The summed E-state index contributed by atoms with van der Waals surface area (Å²) in [5.41, 5.74) is 0.0539. The van der Waals surface area contributed by atoms with Crippen molar-refractivity contribution in [1.82, 2.24) is 0 Å². The summed E-state index contributed by atoms with van der Waals surface area (Å²) in [5, 5.41) is 19.9. The zero-order valence-corrected chi connectivity index (χ0v) is 7.49. The van der Waals surface area contributed by atoms with Crippen LogP contribution in [0.1, 0.15) is 6.92 Å². The molecule has 1 rings (SSSR count). The number of carbonyl (C=O) groups is 1. The van der Waals surface area contributed by atoms with Gasteiger partial charge in [-0.25, -0.2) is 4.39 Å². The SMILES string of the molecule is CC(=O)Nc1ccc(F)c(B(O)O)c1. The van der Waals surface area contributed by atoms with E-state index < -0.39 is 12.9 Å². The van der Waals surface area contributed by atoms with E-state index in [2.05, 4.69) is 5.32 Å². The Bertz CT molecular complexity index is 356. The van der Waals surface area contributed by atoms with Crippen LogP contribution in [0.5, 0.6) is 0 Å². The van der Waals surface area contributed by atoms with Crippen LogP contribution in [-0.2, 0) is 4.79 Å². The Hall–Kier alpha value is -1.40. The summed E-state index contributed by atoms with van der Waals surface area (Å²) in [7, 11) is -1.89. The second-order valence-corrected chi connectivity index (χ2v) is 2.79. The van der Waals surface area contributed by atoms with Crippen LogP contribution >= 0.6 is 0 Å². The molecule has 0 spiro atoms. The van der Waals surface area contributed by atoms with E-state index in [-0.39, 0.29) is 11.4 Å². The normalized spacial score (nSPS) is 9.71. The van der Waals surface area contributed by atoms with Crippen molar-refractivity contribution >= 4 is 24.2 Å². The quantitative estimate of drug-likeness (QED) is 0.558. The highest BCUT2D eigenvalue weighted by Gasteiger charge is 2.16. The molecule has 6 heteroatoms. The molecule has 0 heterocycles. The molecule has 1 aromatic rings. The predicted molar refractivity (Wildman–Crippen MR) is 50.5 cm³/mol. The summed E-state index contributed by atoms with van der Waals surface area (Å²) >= 11 is 0. The van der Waals surface area contributed by atoms with E-state index in [0.29, 0.717) is 5.69 Å². The first-order valence-corrected chi connectivity index (χ1v) is 3.94. The van der Waals surface area contributed by atoms with E-state index in [0.717, 1.165) is 6.07 Å². The molecule has 0 aliphatic heterocycles. The molecule has 4 nitrogen and oxygen atoms in total. The van der Waals surface area contributed by atoms with Crippen LogP contribution in [0.25, 0.3) is 0 Å². The van der Waals surface area contributed by atoms with E-state index >= 15 is 0 Å². The predicted octanol–water partition coefficient (Wildman–Crippen LogP) is -0.536. The molecule has 1 aromatic carbocycles. The van der Waals surface area contributed by atoms with Gasteiger partial charge in [-0.1, -0.05) is 0 Å². The van der Waals surface area contributed by atoms with Crippen LogP contribution in [-0.4, -0.2) is 23.1 Å². The van der Waals surface area contributed by atoms with Crippen LogP contribution in [0.15, 0.2) is 18.2 Å². The largest absolute Gasteiger partial charge is 0.491 e. The Labute approximate surface area is 80.5 Å². The van der Waals surface area contributed by atoms with Crippen LogP contribution < -0.4 is 10.8 Å². The van der Waals surface area contributed by atoms with Gasteiger partial charge in [-0.2, -0.15) is 0 Å². The van der Waals surface area contributed by atoms with Crippen molar-refractivity contribution in [3.05, 3.63) is 24.0 Å². The molecule has 0 bridgehead atoms. The van der Waals surface area contributed by atoms with Gasteiger partial charge < -0.3 is 15.4 Å². The van der Waals surface area contributed by atoms with Gasteiger partial charge in [0.15, 0.2) is 0 Å². The molecular weight excluding hydrogens is 188 g/mol. The number of benzene rings is 1. The zero-order valence-electron chi connectivity index (χ0n) is 7.49. The van der Waals surface area contributed by atoms with Crippen LogP contribution in [0.4, 0.5) is 10.1 Å². The summed E-state index contributed by atoms with van der Waals surface area (Å²) in [6.45, 7) is 1.30. The van der Waals surface area contributed by atoms with Crippen molar-refractivity contribution in [3.8, 4) is 0 Å². The lowest BCUT2D eigenvalue weighted by atomic mass is 9.79. The van der Waals surface area contributed by atoms with Crippen molar-refractivity contribution < 1.29 is 19.2 Å². The van der Waals surface area contributed by atoms with Gasteiger partial charge in [0.05, 0.1) is 0 Å². The monoisotopic (exact) mass is 197 g/mol. The van der Waals surface area contributed by atoms with Gasteiger partial charge in [-0.05, 0) is 18.2 Å². The summed E-state index contributed by atoms with van der Waals surface area (Å²) < 4.78 is 12.9. The second-order valence-electron chi connectivity index (χ2n) is 2.79. The molecule has 3 N–H and O–H groups in total. The minimum atomic E-state index is -1.89. The highest BCUT2D eigenvalue weighted by Crippen LogP contribution is 2.06. The number of hydrogen-bond donors (Lipinski definition) is 3. The Morgan fingerprint density at radius 3 is 2.64 bits per heavy atom. The van der Waals surface area contributed by atoms with Gasteiger partial charge >= 0.3 is 7.12 Å². The topological polar surface area (TPSA) is 69.6 Å². The number of anilines is 1. The van der Waals surface area contributed by atoms with Crippen LogP contribution in [0.2, 0.25) is 0 Å². The fourth-order valence-electron chi connectivity index (χ4n) is 1.02. The molecule has 0 radical (unpaired) electrons. The Kier molecular flexibility index (Phi) is 3.21. The summed E-state index contributed by atoms with van der Waals surface area (Å²) in [4.78, 5) is 10.6. The van der Waals surface area contributed by atoms with E-state index in [9.17, 15) is 9.18 Å². The maximum atomic E-state index is 12.9. The van der Waals surface area contributed by atoms with E-state index in [1.165, 1.54) is 19.1 Å². The molecular formula is C8H9BFNO3. The Balaban J connectivity index is 3.00. The fraction of sp³-hybridized carbons (Fsp3) is 0.125. The van der Waals surface area contributed by atoms with Gasteiger partial charge in [0.2, 0.25) is 5.91 Å². The molecule has 0 aliphatic rings. The lowest BCUT2D eigenvalue weighted by Crippen LogP contribution is -2.33. The molecule has 14 heavy (non-hydrogen) atoms. The molecule has 0 aliphatic carbocycles. The molecule has 1 amide bonds. The smallest absolute Gasteiger partial charge is 0.423 e. The molecule has 0 unspecified atom stereocenters. The number of amides is 1. The third-order valence-electron chi connectivity index (χ3n) is 1.59. The third-order valence-corrected chi connectivity index (χ3v) is 1.59. The van der Waals surface area contributed by atoms with Crippen LogP contribution in [0.3, 0.4) is 0 Å². The molecule has 0 atom stereocenters. The number of hydrogen-bond acceptors (Lipinski definition) is 3. The molecule has 74 valence electrons. The summed E-state index contributed by atoms with van der Waals surface area (Å²) in [6, 6.07) is 3.56. The maximum absolute atomic E-state index is 12.9. The van der Waals surface area contributed by atoms with Crippen molar-refractivity contribution in [2.75, 3.05) is 5.32 Å². The Morgan fingerprint density at radius 1 is 1.50 bits per heavy atom. The average molecular weight is 197 g/mol. The highest BCUT2D eigenvalue weighted by atomic mass is 19.1. The number of rotatable bonds is 2. The fourth-order valence-corrected chi connectivity index (χ4v) is 1.02. The van der Waals surface area contributed by atoms with Crippen molar-refractivity contribution in [2.45, 2.75) is 6.92 Å². The van der Waals surface area contributed by atoms with Crippen molar-refractivity contribution in [1.29, 1.82) is 0 Å². The third kappa shape index (κ3) is 2.55. The van der Waals surface area contributed by atoms with Gasteiger partial charge in [0.25, 0.3) is 0 Å². The van der Waals surface area contributed by atoms with Gasteiger partial charge in [0.1, 0.15) is 5.82 Å². The second kappa shape index (κ2) is 4.21. The maximum Gasteiger partial charge on any atom is 0.491 e. The summed E-state index contributed by atoms with van der Waals surface area (Å²) in [6.07, 6.45) is 0. The number of halogens is 1. The van der Waals surface area contributed by atoms with Gasteiger partial charge in [0, 0.05) is 18.1 Å². The van der Waals surface area contributed by atoms with Crippen molar-refractivity contribution in [3.63, 3.8) is 0 Å². The van der Waals surface area contributed by atoms with E-state index in [4.69, 9.17) is 10.0 Å². The molecule has 0 saturated heterocycles. The van der Waals surface area contributed by atoms with Gasteiger partial charge in [-0.15, -0.1) is 0 Å². The standard InChI is InChI=1S/C8H9BFNO3/c1-5(12)11-6-2-3-8(10)7(4-6)9(13)14/h2-4,13-14H,1H3,(H,11,12). The van der Waals surface area contributed by atoms with Gasteiger partial charge in [-0.3, -0.25) is 4.79 Å². The number of carbonyl (C=O) groups excluding carboxylic acids is 1. The molecule has 0 saturated carbocycles. The lowest BCUT2D eigenvalue weighted by molar-refractivity contribution is -0.114. The van der Waals surface area contributed by atoms with Crippen molar-refractivity contribution in [2.24, 2.45) is 0 Å². The average Bonchev–Trinajstić information content (AvgIpc) is 2.07. The molecule has 0 fully saturated rings. The molecule has 0 aromatic heterocycles. The minimum absolute atomic E-state index is 0.267. The summed E-state index contributed by atoms with van der Waals surface area (Å²) in [5.74, 6) is -1.04. The zero-order chi connectivity index (χ0) is 10.7. The minimum Gasteiger partial charge on any atom is -0.423 e. The van der Waals surface area contributed by atoms with E-state index in [1.807, 2.05) is 0 Å². The first-order chi connectivity index (χ1) is 6.50. The lowest BCUT2D eigenvalue weighted by Gasteiger charge is -2.05. The van der Waals surface area contributed by atoms with E-state index in [1.54, 1.807) is 0 Å². The van der Waals surface area contributed by atoms with Crippen LogP contribution in [0, 0.1) is 5.82 Å².